The van der Waals surface area contributed by atoms with Crippen LogP contribution in [0, 0.1) is 0 Å². The van der Waals surface area contributed by atoms with E-state index in [1.165, 1.54) is 0 Å². The van der Waals surface area contributed by atoms with Crippen LogP contribution in [-0.2, 0) is 6.54 Å². The summed E-state index contributed by atoms with van der Waals surface area (Å²) in [5.74, 6) is 0. The largest absolute Gasteiger partial charge is 0.334 e. The fraction of sp³-hybridized carbons (Fsp3) is 0.533. The van der Waals surface area contributed by atoms with Crippen LogP contribution in [0.2, 0.25) is 10.0 Å². The van der Waals surface area contributed by atoms with Gasteiger partial charge in [-0.25, -0.2) is 4.79 Å². The summed E-state index contributed by atoms with van der Waals surface area (Å²) >= 11 is 11.8. The van der Waals surface area contributed by atoms with Gasteiger partial charge in [0.15, 0.2) is 0 Å². The molecule has 1 heterocycles. The van der Waals surface area contributed by atoms with E-state index in [0.29, 0.717) is 22.6 Å². The smallest absolute Gasteiger partial charge is 0.317 e. The standard InChI is InChI=1S/C15H21Cl2N3O/c1-11(2)19-5-7-20(8-6-19)15(21)18-10-12-3-4-13(16)14(17)9-12/h3-4,9,11H,5-8,10H2,1-2H3,(H,18,21). The third-order valence-corrected chi connectivity index (χ3v) is 4.50. The average molecular weight is 330 g/mol. The van der Waals surface area contributed by atoms with Crippen LogP contribution in [0.5, 0.6) is 0 Å². The van der Waals surface area contributed by atoms with Gasteiger partial charge < -0.3 is 10.2 Å². The summed E-state index contributed by atoms with van der Waals surface area (Å²) < 4.78 is 0. The first-order valence-corrected chi connectivity index (χ1v) is 7.93. The molecule has 0 radical (unpaired) electrons. The number of rotatable bonds is 3. The number of nitrogens with one attached hydrogen (secondary N) is 1. The Labute approximate surface area is 136 Å². The Morgan fingerprint density at radius 3 is 2.43 bits per heavy atom. The maximum Gasteiger partial charge on any atom is 0.317 e. The number of urea groups is 1. The molecule has 0 saturated carbocycles. The Kier molecular flexibility index (Phi) is 5.73. The predicted molar refractivity (Wildman–Crippen MR) is 87.0 cm³/mol. The second kappa shape index (κ2) is 7.34. The van der Waals surface area contributed by atoms with Gasteiger partial charge in [0.05, 0.1) is 10.0 Å². The summed E-state index contributed by atoms with van der Waals surface area (Å²) in [6.07, 6.45) is 0. The van der Waals surface area contributed by atoms with Crippen molar-refractivity contribution < 1.29 is 4.79 Å². The van der Waals surface area contributed by atoms with Crippen LogP contribution in [0.1, 0.15) is 19.4 Å². The van der Waals surface area contributed by atoms with Gasteiger partial charge in [0.2, 0.25) is 0 Å². The van der Waals surface area contributed by atoms with E-state index >= 15 is 0 Å². The zero-order chi connectivity index (χ0) is 15.4. The normalized spacial score (nSPS) is 16.3. The number of nitrogens with zero attached hydrogens (tertiary/aromatic N) is 2. The van der Waals surface area contributed by atoms with Gasteiger partial charge in [-0.1, -0.05) is 29.3 Å². The van der Waals surface area contributed by atoms with Crippen molar-refractivity contribution in [2.75, 3.05) is 26.2 Å². The van der Waals surface area contributed by atoms with Crippen LogP contribution in [0.4, 0.5) is 4.79 Å². The molecule has 116 valence electrons. The second-order valence-corrected chi connectivity index (χ2v) is 6.34. The zero-order valence-electron chi connectivity index (χ0n) is 12.4. The van der Waals surface area contributed by atoms with E-state index in [1.54, 1.807) is 12.1 Å². The lowest BCUT2D eigenvalue weighted by atomic mass is 10.2. The monoisotopic (exact) mass is 329 g/mol. The maximum absolute atomic E-state index is 12.1. The lowest BCUT2D eigenvalue weighted by molar-refractivity contribution is 0.119. The van der Waals surface area contributed by atoms with Crippen molar-refractivity contribution in [2.24, 2.45) is 0 Å². The average Bonchev–Trinajstić information content (AvgIpc) is 2.48. The Hall–Kier alpha value is -0.970. The number of carbonyl (C=O) groups is 1. The highest BCUT2D eigenvalue weighted by Crippen LogP contribution is 2.22. The first-order chi connectivity index (χ1) is 9.97. The van der Waals surface area contributed by atoms with Crippen molar-refractivity contribution in [1.82, 2.24) is 15.1 Å². The number of benzene rings is 1. The summed E-state index contributed by atoms with van der Waals surface area (Å²) in [6, 6.07) is 5.90. The van der Waals surface area contributed by atoms with Crippen molar-refractivity contribution in [2.45, 2.75) is 26.4 Å². The lowest BCUT2D eigenvalue weighted by Crippen LogP contribution is -2.53. The van der Waals surface area contributed by atoms with Gasteiger partial charge in [0.1, 0.15) is 0 Å². The molecule has 2 rings (SSSR count). The van der Waals surface area contributed by atoms with Crippen molar-refractivity contribution in [3.05, 3.63) is 33.8 Å². The minimum absolute atomic E-state index is 0.0236. The molecule has 2 amide bonds. The van der Waals surface area contributed by atoms with Crippen molar-refractivity contribution in [3.8, 4) is 0 Å². The number of hydrogen-bond acceptors (Lipinski definition) is 2. The quantitative estimate of drug-likeness (QED) is 0.924. The summed E-state index contributed by atoms with van der Waals surface area (Å²) in [6.45, 7) is 8.21. The topological polar surface area (TPSA) is 35.6 Å². The first kappa shape index (κ1) is 16.4. The van der Waals surface area contributed by atoms with E-state index in [9.17, 15) is 4.79 Å². The Bertz CT molecular complexity index is 500. The molecule has 1 N–H and O–H groups in total. The molecular formula is C15H21Cl2N3O. The van der Waals surface area contributed by atoms with E-state index in [1.807, 2.05) is 11.0 Å². The van der Waals surface area contributed by atoms with Crippen LogP contribution in [0.25, 0.3) is 0 Å². The summed E-state index contributed by atoms with van der Waals surface area (Å²) in [5, 5.41) is 3.96. The molecule has 4 nitrogen and oxygen atoms in total. The third-order valence-electron chi connectivity index (χ3n) is 3.76. The number of halogens is 2. The highest BCUT2D eigenvalue weighted by atomic mass is 35.5. The van der Waals surface area contributed by atoms with Crippen molar-refractivity contribution in [1.29, 1.82) is 0 Å². The highest BCUT2D eigenvalue weighted by molar-refractivity contribution is 6.42. The number of carbonyl (C=O) groups excluding carboxylic acids is 1. The van der Waals surface area contributed by atoms with Gasteiger partial charge in [0, 0.05) is 38.8 Å². The van der Waals surface area contributed by atoms with Gasteiger partial charge in [-0.2, -0.15) is 0 Å². The molecule has 1 saturated heterocycles. The van der Waals surface area contributed by atoms with Crippen molar-refractivity contribution in [3.63, 3.8) is 0 Å². The SMILES string of the molecule is CC(C)N1CCN(C(=O)NCc2ccc(Cl)c(Cl)c2)CC1. The molecule has 0 aliphatic carbocycles. The van der Waals surface area contributed by atoms with Gasteiger partial charge in [0.25, 0.3) is 0 Å². The number of amides is 2. The number of hydrogen-bond donors (Lipinski definition) is 1. The highest BCUT2D eigenvalue weighted by Gasteiger charge is 2.22. The Balaban J connectivity index is 1.81. The van der Waals surface area contributed by atoms with E-state index in [-0.39, 0.29) is 6.03 Å². The molecule has 0 aromatic heterocycles. The second-order valence-electron chi connectivity index (χ2n) is 5.52. The minimum Gasteiger partial charge on any atom is -0.334 e. The zero-order valence-corrected chi connectivity index (χ0v) is 13.9. The molecule has 0 unspecified atom stereocenters. The van der Waals surface area contributed by atoms with E-state index in [4.69, 9.17) is 23.2 Å². The van der Waals surface area contributed by atoms with Gasteiger partial charge in [-0.05, 0) is 31.5 Å². The van der Waals surface area contributed by atoms with Crippen LogP contribution in [0.3, 0.4) is 0 Å². The lowest BCUT2D eigenvalue weighted by Gasteiger charge is -2.36. The molecule has 0 atom stereocenters. The molecule has 1 aliphatic heterocycles. The fourth-order valence-corrected chi connectivity index (χ4v) is 2.70. The van der Waals surface area contributed by atoms with Crippen LogP contribution >= 0.6 is 23.2 Å². The van der Waals surface area contributed by atoms with E-state index in [0.717, 1.165) is 31.7 Å². The van der Waals surface area contributed by atoms with Crippen LogP contribution in [0.15, 0.2) is 18.2 Å². The summed E-state index contributed by atoms with van der Waals surface area (Å²) in [7, 11) is 0. The minimum atomic E-state index is -0.0236. The first-order valence-electron chi connectivity index (χ1n) is 7.18. The van der Waals surface area contributed by atoms with Crippen molar-refractivity contribution >= 4 is 29.2 Å². The van der Waals surface area contributed by atoms with Gasteiger partial charge >= 0.3 is 6.03 Å². The van der Waals surface area contributed by atoms with Crippen LogP contribution in [-0.4, -0.2) is 48.1 Å². The van der Waals surface area contributed by atoms with E-state index < -0.39 is 0 Å². The molecule has 1 fully saturated rings. The summed E-state index contributed by atoms with van der Waals surface area (Å²) in [5.41, 5.74) is 0.943. The molecule has 0 spiro atoms. The number of piperazine rings is 1. The molecule has 21 heavy (non-hydrogen) atoms. The Morgan fingerprint density at radius 2 is 1.86 bits per heavy atom. The van der Waals surface area contributed by atoms with Gasteiger partial charge in [-0.3, -0.25) is 4.90 Å². The summed E-state index contributed by atoms with van der Waals surface area (Å²) in [4.78, 5) is 16.4. The molecule has 1 aromatic carbocycles. The fourth-order valence-electron chi connectivity index (χ4n) is 2.38. The predicted octanol–water partition coefficient (Wildman–Crippen LogP) is 3.23. The van der Waals surface area contributed by atoms with Gasteiger partial charge in [-0.15, -0.1) is 0 Å². The molecule has 6 heteroatoms. The Morgan fingerprint density at radius 1 is 1.19 bits per heavy atom. The molecule has 1 aliphatic rings. The van der Waals surface area contributed by atoms with Crippen LogP contribution < -0.4 is 5.32 Å². The third kappa shape index (κ3) is 4.50. The molecule has 0 bridgehead atoms. The molecular weight excluding hydrogens is 309 g/mol. The molecule has 1 aromatic rings. The van der Waals surface area contributed by atoms with E-state index in [2.05, 4.69) is 24.1 Å². The maximum atomic E-state index is 12.1.